The minimum absolute atomic E-state index is 0.0261. The molecule has 0 aliphatic carbocycles. The van der Waals surface area contributed by atoms with Gasteiger partial charge in [-0.25, -0.2) is 17.9 Å². The lowest BCUT2D eigenvalue weighted by molar-refractivity contribution is 0.0276. The zero-order valence-electron chi connectivity index (χ0n) is 12.2. The predicted octanol–water partition coefficient (Wildman–Crippen LogP) is 1.03. The van der Waals surface area contributed by atoms with Crippen LogP contribution in [0.2, 0.25) is 0 Å². The van der Waals surface area contributed by atoms with E-state index in [2.05, 4.69) is 9.71 Å². The van der Waals surface area contributed by atoms with Gasteiger partial charge in [0.1, 0.15) is 10.6 Å². The van der Waals surface area contributed by atoms with Crippen LogP contribution in [0.15, 0.2) is 4.90 Å². The average molecular weight is 304 g/mol. The first-order chi connectivity index (χ1) is 9.02. The second kappa shape index (κ2) is 5.55. The molecule has 1 aromatic rings. The highest BCUT2D eigenvalue weighted by atomic mass is 32.2. The third kappa shape index (κ3) is 3.38. The number of carboxylic acid groups (broad SMARTS) is 1. The fourth-order valence-corrected chi connectivity index (χ4v) is 3.40. The number of hydrogen-bond acceptors (Lipinski definition) is 4. The van der Waals surface area contributed by atoms with Gasteiger partial charge < -0.3 is 14.8 Å². The summed E-state index contributed by atoms with van der Waals surface area (Å²) in [6.45, 7) is 6.56. The molecule has 0 spiro atoms. The molecule has 114 valence electrons. The van der Waals surface area contributed by atoms with E-state index in [0.717, 1.165) is 0 Å². The number of hydrogen-bond donors (Lipinski definition) is 3. The summed E-state index contributed by atoms with van der Waals surface area (Å²) in [7, 11) is -2.31. The molecule has 7 nitrogen and oxygen atoms in total. The molecular weight excluding hydrogens is 284 g/mol. The van der Waals surface area contributed by atoms with Gasteiger partial charge in [-0.3, -0.25) is 0 Å². The Balaban J connectivity index is 3.14. The second-order valence-electron chi connectivity index (χ2n) is 5.17. The van der Waals surface area contributed by atoms with E-state index in [0.29, 0.717) is 5.69 Å². The summed E-state index contributed by atoms with van der Waals surface area (Å²) < 4.78 is 32.2. The molecule has 0 amide bonds. The van der Waals surface area contributed by atoms with Crippen LogP contribution in [0.4, 0.5) is 0 Å². The molecule has 0 saturated heterocycles. The number of aromatic carboxylic acids is 1. The quantitative estimate of drug-likeness (QED) is 0.727. The first-order valence-corrected chi connectivity index (χ1v) is 7.47. The van der Waals surface area contributed by atoms with Crippen LogP contribution in [0.1, 0.15) is 35.6 Å². The summed E-state index contributed by atoms with van der Waals surface area (Å²) in [5, 5.41) is 9.00. The Hall–Kier alpha value is -1.38. The average Bonchev–Trinajstić information content (AvgIpc) is 2.63. The number of carboxylic acids is 1. The Morgan fingerprint density at radius 3 is 2.35 bits per heavy atom. The summed E-state index contributed by atoms with van der Waals surface area (Å²) in [6.07, 6.45) is 0. The summed E-state index contributed by atoms with van der Waals surface area (Å²) in [5.41, 5.74) is -0.282. The van der Waals surface area contributed by atoms with E-state index in [1.165, 1.54) is 21.0 Å². The SMILES string of the molecule is COC(C)(C)CNS(=O)(=O)c1c(C)[nH]c(C(=O)O)c1C. The molecule has 0 unspecified atom stereocenters. The molecule has 0 saturated carbocycles. The largest absolute Gasteiger partial charge is 0.477 e. The van der Waals surface area contributed by atoms with Crippen LogP contribution in [0.25, 0.3) is 0 Å². The third-order valence-corrected chi connectivity index (χ3v) is 4.77. The van der Waals surface area contributed by atoms with E-state index < -0.39 is 21.6 Å². The summed E-state index contributed by atoms with van der Waals surface area (Å²) >= 11 is 0. The van der Waals surface area contributed by atoms with Crippen molar-refractivity contribution >= 4 is 16.0 Å². The normalized spacial score (nSPS) is 12.7. The van der Waals surface area contributed by atoms with Crippen LogP contribution in [0, 0.1) is 13.8 Å². The smallest absolute Gasteiger partial charge is 0.352 e. The number of sulfonamides is 1. The van der Waals surface area contributed by atoms with Gasteiger partial charge in [0.05, 0.1) is 5.60 Å². The molecule has 3 N–H and O–H groups in total. The minimum atomic E-state index is -3.80. The molecule has 0 aromatic carbocycles. The highest BCUT2D eigenvalue weighted by Gasteiger charge is 2.28. The zero-order valence-corrected chi connectivity index (χ0v) is 13.0. The number of aryl methyl sites for hydroxylation is 1. The molecule has 0 fully saturated rings. The van der Waals surface area contributed by atoms with Gasteiger partial charge in [-0.1, -0.05) is 0 Å². The molecule has 0 radical (unpaired) electrons. The van der Waals surface area contributed by atoms with Gasteiger partial charge in [-0.2, -0.15) is 0 Å². The molecule has 0 aliphatic rings. The van der Waals surface area contributed by atoms with Crippen molar-refractivity contribution in [1.82, 2.24) is 9.71 Å². The second-order valence-corrected chi connectivity index (χ2v) is 6.88. The lowest BCUT2D eigenvalue weighted by atomic mass is 10.1. The lowest BCUT2D eigenvalue weighted by Gasteiger charge is -2.23. The van der Waals surface area contributed by atoms with E-state index in [-0.39, 0.29) is 22.7 Å². The number of nitrogens with one attached hydrogen (secondary N) is 2. The number of methoxy groups -OCH3 is 1. The van der Waals surface area contributed by atoms with Gasteiger partial charge in [-0.05, 0) is 27.7 Å². The molecule has 0 atom stereocenters. The van der Waals surface area contributed by atoms with E-state index >= 15 is 0 Å². The standard InChI is InChI=1S/C12H20N2O5S/c1-7-9(11(15)16)14-8(2)10(7)20(17,18)13-6-12(3,4)19-5/h13-14H,6H2,1-5H3,(H,15,16). The topological polar surface area (TPSA) is 108 Å². The Morgan fingerprint density at radius 2 is 1.95 bits per heavy atom. The van der Waals surface area contributed by atoms with Crippen LogP contribution < -0.4 is 4.72 Å². The molecule has 0 aliphatic heterocycles. The monoisotopic (exact) mass is 304 g/mol. The molecule has 20 heavy (non-hydrogen) atoms. The van der Waals surface area contributed by atoms with E-state index in [4.69, 9.17) is 9.84 Å². The van der Waals surface area contributed by atoms with Gasteiger partial charge in [0.15, 0.2) is 0 Å². The maximum atomic E-state index is 12.3. The molecule has 8 heteroatoms. The number of rotatable bonds is 6. The summed E-state index contributed by atoms with van der Waals surface area (Å²) in [4.78, 5) is 13.6. The maximum Gasteiger partial charge on any atom is 0.352 e. The van der Waals surface area contributed by atoms with Crippen molar-refractivity contribution in [2.24, 2.45) is 0 Å². The van der Waals surface area contributed by atoms with Crippen molar-refractivity contribution in [3.8, 4) is 0 Å². The summed E-state index contributed by atoms with van der Waals surface area (Å²) in [6, 6.07) is 0. The van der Waals surface area contributed by atoms with Crippen molar-refractivity contribution < 1.29 is 23.1 Å². The minimum Gasteiger partial charge on any atom is -0.477 e. The fraction of sp³-hybridized carbons (Fsp3) is 0.583. The first-order valence-electron chi connectivity index (χ1n) is 5.99. The third-order valence-electron chi connectivity index (χ3n) is 3.09. The van der Waals surface area contributed by atoms with Gasteiger partial charge >= 0.3 is 5.97 Å². The van der Waals surface area contributed by atoms with Crippen molar-refractivity contribution in [3.05, 3.63) is 17.0 Å². The Morgan fingerprint density at radius 1 is 1.40 bits per heavy atom. The van der Waals surface area contributed by atoms with E-state index in [1.54, 1.807) is 13.8 Å². The van der Waals surface area contributed by atoms with Gasteiger partial charge in [-0.15, -0.1) is 0 Å². The van der Waals surface area contributed by atoms with Crippen molar-refractivity contribution in [3.63, 3.8) is 0 Å². The van der Waals surface area contributed by atoms with Crippen LogP contribution >= 0.6 is 0 Å². The first kappa shape index (κ1) is 16.7. The molecule has 0 bridgehead atoms. The van der Waals surface area contributed by atoms with Gasteiger partial charge in [0.25, 0.3) is 0 Å². The van der Waals surface area contributed by atoms with Crippen LogP contribution in [-0.2, 0) is 14.8 Å². The highest BCUT2D eigenvalue weighted by molar-refractivity contribution is 7.89. The number of carbonyl (C=O) groups is 1. The Labute approximate surface area is 118 Å². The Bertz CT molecular complexity index is 616. The van der Waals surface area contributed by atoms with Crippen LogP contribution in [0.3, 0.4) is 0 Å². The molecule has 1 aromatic heterocycles. The number of aromatic nitrogens is 1. The van der Waals surface area contributed by atoms with Crippen molar-refractivity contribution in [1.29, 1.82) is 0 Å². The van der Waals surface area contributed by atoms with Crippen LogP contribution in [-0.4, -0.2) is 43.7 Å². The molecular formula is C12H20N2O5S. The lowest BCUT2D eigenvalue weighted by Crippen LogP contribution is -2.39. The summed E-state index contributed by atoms with van der Waals surface area (Å²) in [5.74, 6) is -1.19. The van der Waals surface area contributed by atoms with E-state index in [1.807, 2.05) is 0 Å². The van der Waals surface area contributed by atoms with E-state index in [9.17, 15) is 13.2 Å². The number of aromatic amines is 1. The van der Waals surface area contributed by atoms with Gasteiger partial charge in [0, 0.05) is 24.9 Å². The predicted molar refractivity (Wildman–Crippen MR) is 73.5 cm³/mol. The molecule has 1 heterocycles. The zero-order chi connectivity index (χ0) is 15.7. The van der Waals surface area contributed by atoms with Gasteiger partial charge in [0.2, 0.25) is 10.0 Å². The highest BCUT2D eigenvalue weighted by Crippen LogP contribution is 2.23. The number of ether oxygens (including phenoxy) is 1. The fourth-order valence-electron chi connectivity index (χ4n) is 1.76. The van der Waals surface area contributed by atoms with Crippen molar-refractivity contribution in [2.75, 3.05) is 13.7 Å². The van der Waals surface area contributed by atoms with Crippen LogP contribution in [0.5, 0.6) is 0 Å². The number of H-pyrrole nitrogens is 1. The maximum absolute atomic E-state index is 12.3. The van der Waals surface area contributed by atoms with Crippen molar-refractivity contribution in [2.45, 2.75) is 38.2 Å². The molecule has 1 rings (SSSR count). The Kier molecular flexibility index (Phi) is 4.62.